The van der Waals surface area contributed by atoms with Crippen molar-refractivity contribution in [3.63, 3.8) is 0 Å². The first-order valence-electron chi connectivity index (χ1n) is 7.43. The van der Waals surface area contributed by atoms with Crippen molar-refractivity contribution < 1.29 is 0 Å². The summed E-state index contributed by atoms with van der Waals surface area (Å²) in [6.07, 6.45) is 3.59. The van der Waals surface area contributed by atoms with Gasteiger partial charge in [0, 0.05) is 22.6 Å². The molecule has 0 aliphatic heterocycles. The summed E-state index contributed by atoms with van der Waals surface area (Å²) in [6.45, 7) is 3.16. The number of hydrogen-bond acceptors (Lipinski definition) is 3. The van der Waals surface area contributed by atoms with Gasteiger partial charge in [0.15, 0.2) is 0 Å². The van der Waals surface area contributed by atoms with Crippen molar-refractivity contribution in [1.29, 1.82) is 0 Å². The predicted molar refractivity (Wildman–Crippen MR) is 87.2 cm³/mol. The number of rotatable bonds is 6. The second-order valence-electron chi connectivity index (χ2n) is 5.51. The van der Waals surface area contributed by atoms with Crippen LogP contribution in [0, 0.1) is 0 Å². The van der Waals surface area contributed by atoms with Crippen LogP contribution in [0.25, 0.3) is 0 Å². The molecule has 3 heteroatoms. The van der Waals surface area contributed by atoms with E-state index in [2.05, 4.69) is 53.6 Å². The highest BCUT2D eigenvalue weighted by atomic mass is 32.1. The van der Waals surface area contributed by atoms with Crippen LogP contribution >= 0.6 is 11.3 Å². The van der Waals surface area contributed by atoms with Crippen molar-refractivity contribution in [2.24, 2.45) is 5.73 Å². The smallest absolute Gasteiger partial charge is 0.0526 e. The summed E-state index contributed by atoms with van der Waals surface area (Å²) in [5, 5.41) is 2.16. The van der Waals surface area contributed by atoms with Crippen molar-refractivity contribution in [3.8, 4) is 0 Å². The second-order valence-corrected chi connectivity index (χ2v) is 6.54. The minimum Gasteiger partial charge on any atom is -0.363 e. The van der Waals surface area contributed by atoms with Gasteiger partial charge in [0.25, 0.3) is 0 Å². The van der Waals surface area contributed by atoms with Gasteiger partial charge in [-0.1, -0.05) is 31.2 Å². The van der Waals surface area contributed by atoms with Gasteiger partial charge < -0.3 is 10.6 Å². The first-order valence-corrected chi connectivity index (χ1v) is 8.31. The van der Waals surface area contributed by atoms with Gasteiger partial charge in [-0.25, -0.2) is 0 Å². The molecule has 2 N–H and O–H groups in total. The fraction of sp³-hybridized carbons (Fsp3) is 0.412. The molecule has 20 heavy (non-hydrogen) atoms. The second kappa shape index (κ2) is 5.98. The normalized spacial score (nSPS) is 16.1. The molecule has 0 saturated heterocycles. The molecule has 1 saturated carbocycles. The predicted octanol–water partition coefficient (Wildman–Crippen LogP) is 4.33. The Hall–Kier alpha value is -1.32. The molecule has 1 fully saturated rings. The number of benzene rings is 1. The third-order valence-corrected chi connectivity index (χ3v) is 4.84. The Kier molecular flexibility index (Phi) is 4.08. The number of para-hydroxylation sites is 1. The van der Waals surface area contributed by atoms with Crippen molar-refractivity contribution in [1.82, 2.24) is 0 Å². The first-order chi connectivity index (χ1) is 9.79. The summed E-state index contributed by atoms with van der Waals surface area (Å²) in [4.78, 5) is 3.98. The highest BCUT2D eigenvalue weighted by Crippen LogP contribution is 2.37. The lowest BCUT2D eigenvalue weighted by atomic mass is 10.0. The van der Waals surface area contributed by atoms with Crippen LogP contribution in [0.1, 0.15) is 42.7 Å². The van der Waals surface area contributed by atoms with Crippen LogP contribution < -0.4 is 10.6 Å². The highest BCUT2D eigenvalue weighted by molar-refractivity contribution is 7.09. The van der Waals surface area contributed by atoms with Gasteiger partial charge in [0.1, 0.15) is 0 Å². The van der Waals surface area contributed by atoms with E-state index in [0.717, 1.165) is 13.0 Å². The van der Waals surface area contributed by atoms with Crippen molar-refractivity contribution in [2.45, 2.75) is 44.8 Å². The van der Waals surface area contributed by atoms with E-state index in [-0.39, 0.29) is 6.04 Å². The molecule has 1 heterocycles. The fourth-order valence-electron chi connectivity index (χ4n) is 2.65. The molecule has 1 aliphatic rings. The molecule has 1 unspecified atom stereocenters. The minimum absolute atomic E-state index is 0.135. The monoisotopic (exact) mass is 286 g/mol. The molecular formula is C17H22N2S. The molecule has 1 aromatic heterocycles. The van der Waals surface area contributed by atoms with E-state index in [1.807, 2.05) is 11.3 Å². The SMILES string of the molecule is CCC(N)c1ccccc1N(Cc1cccs1)C1CC1. The van der Waals surface area contributed by atoms with E-state index in [4.69, 9.17) is 5.73 Å². The zero-order valence-electron chi connectivity index (χ0n) is 12.0. The zero-order chi connectivity index (χ0) is 13.9. The molecule has 1 atom stereocenters. The van der Waals surface area contributed by atoms with E-state index in [1.54, 1.807) is 0 Å². The Bertz CT molecular complexity index is 546. The van der Waals surface area contributed by atoms with Crippen LogP contribution in [-0.2, 0) is 6.54 Å². The van der Waals surface area contributed by atoms with Crippen molar-refractivity contribution in [2.75, 3.05) is 4.90 Å². The number of anilines is 1. The van der Waals surface area contributed by atoms with E-state index in [1.165, 1.54) is 29.0 Å². The zero-order valence-corrected chi connectivity index (χ0v) is 12.8. The Balaban J connectivity index is 1.91. The van der Waals surface area contributed by atoms with Crippen LogP contribution in [0.3, 0.4) is 0 Å². The number of nitrogens with two attached hydrogens (primary N) is 1. The van der Waals surface area contributed by atoms with Crippen molar-refractivity contribution >= 4 is 17.0 Å². The average Bonchev–Trinajstić information content (AvgIpc) is 3.20. The summed E-state index contributed by atoms with van der Waals surface area (Å²) >= 11 is 1.84. The number of nitrogens with zero attached hydrogens (tertiary/aromatic N) is 1. The third-order valence-electron chi connectivity index (χ3n) is 3.98. The molecule has 0 amide bonds. The average molecular weight is 286 g/mol. The standard InChI is InChI=1S/C17H22N2S/c1-2-16(18)15-7-3-4-8-17(15)19(13-9-10-13)12-14-6-5-11-20-14/h3-8,11,13,16H,2,9-10,12,18H2,1H3. The molecule has 2 nitrogen and oxygen atoms in total. The van der Waals surface area contributed by atoms with Gasteiger partial charge in [-0.15, -0.1) is 11.3 Å². The van der Waals surface area contributed by atoms with Crippen molar-refractivity contribution in [3.05, 3.63) is 52.2 Å². The largest absolute Gasteiger partial charge is 0.363 e. The molecule has 0 bridgehead atoms. The van der Waals surface area contributed by atoms with E-state index in [9.17, 15) is 0 Å². The number of thiophene rings is 1. The Morgan fingerprint density at radius 2 is 2.05 bits per heavy atom. The molecule has 1 aromatic carbocycles. The van der Waals surface area contributed by atoms with Gasteiger partial charge in [-0.3, -0.25) is 0 Å². The topological polar surface area (TPSA) is 29.3 Å². The summed E-state index contributed by atoms with van der Waals surface area (Å²) in [5.41, 5.74) is 8.92. The highest BCUT2D eigenvalue weighted by Gasteiger charge is 2.31. The molecule has 0 radical (unpaired) electrons. The quantitative estimate of drug-likeness (QED) is 0.856. The lowest BCUT2D eigenvalue weighted by Crippen LogP contribution is -2.27. The maximum atomic E-state index is 6.30. The van der Waals surface area contributed by atoms with Crippen LogP contribution in [0.15, 0.2) is 41.8 Å². The Morgan fingerprint density at radius 3 is 2.70 bits per heavy atom. The fourth-order valence-corrected chi connectivity index (χ4v) is 3.35. The molecule has 3 rings (SSSR count). The van der Waals surface area contributed by atoms with Gasteiger partial charge in [-0.2, -0.15) is 0 Å². The lowest BCUT2D eigenvalue weighted by molar-refractivity contribution is 0.687. The minimum atomic E-state index is 0.135. The van der Waals surface area contributed by atoms with Crippen LogP contribution in [0.2, 0.25) is 0 Å². The van der Waals surface area contributed by atoms with Crippen LogP contribution in [0.4, 0.5) is 5.69 Å². The molecule has 2 aromatic rings. The van der Waals surface area contributed by atoms with Gasteiger partial charge in [0.05, 0.1) is 6.54 Å². The molecular weight excluding hydrogens is 264 g/mol. The first kappa shape index (κ1) is 13.7. The molecule has 1 aliphatic carbocycles. The molecule has 0 spiro atoms. The maximum Gasteiger partial charge on any atom is 0.0526 e. The van der Waals surface area contributed by atoms with Gasteiger partial charge in [-0.05, 0) is 42.3 Å². The maximum absolute atomic E-state index is 6.30. The lowest BCUT2D eigenvalue weighted by Gasteiger charge is -2.28. The van der Waals surface area contributed by atoms with E-state index < -0.39 is 0 Å². The molecule has 106 valence electrons. The van der Waals surface area contributed by atoms with Crippen LogP contribution in [0.5, 0.6) is 0 Å². The summed E-state index contributed by atoms with van der Waals surface area (Å²) in [6, 6.07) is 13.8. The summed E-state index contributed by atoms with van der Waals surface area (Å²) < 4.78 is 0. The number of hydrogen-bond donors (Lipinski definition) is 1. The summed E-state index contributed by atoms with van der Waals surface area (Å²) in [5.74, 6) is 0. The van der Waals surface area contributed by atoms with Gasteiger partial charge >= 0.3 is 0 Å². The third kappa shape index (κ3) is 2.89. The van der Waals surface area contributed by atoms with Crippen LogP contribution in [-0.4, -0.2) is 6.04 Å². The Morgan fingerprint density at radius 1 is 1.25 bits per heavy atom. The Labute approximate surface area is 125 Å². The van der Waals surface area contributed by atoms with E-state index in [0.29, 0.717) is 6.04 Å². The summed E-state index contributed by atoms with van der Waals surface area (Å²) in [7, 11) is 0. The van der Waals surface area contributed by atoms with E-state index >= 15 is 0 Å². The van der Waals surface area contributed by atoms with Gasteiger partial charge in [0.2, 0.25) is 0 Å².